The Morgan fingerprint density at radius 1 is 1.00 bits per heavy atom. The van der Waals surface area contributed by atoms with Crippen molar-refractivity contribution < 1.29 is 9.53 Å². The van der Waals surface area contributed by atoms with Gasteiger partial charge in [-0.25, -0.2) is 0 Å². The summed E-state index contributed by atoms with van der Waals surface area (Å²) in [6.45, 7) is 6.70. The van der Waals surface area contributed by atoms with Crippen LogP contribution in [0.15, 0.2) is 0 Å². The van der Waals surface area contributed by atoms with Crippen molar-refractivity contribution in [3.05, 3.63) is 0 Å². The van der Waals surface area contributed by atoms with E-state index < -0.39 is 0 Å². The van der Waals surface area contributed by atoms with Crippen LogP contribution in [0.3, 0.4) is 0 Å². The van der Waals surface area contributed by atoms with Crippen LogP contribution in [0.2, 0.25) is 0 Å². The number of hydrogen-bond donors (Lipinski definition) is 0. The van der Waals surface area contributed by atoms with Gasteiger partial charge in [-0.15, -0.1) is 0 Å². The highest BCUT2D eigenvalue weighted by Crippen LogP contribution is 2.66. The van der Waals surface area contributed by atoms with Crippen molar-refractivity contribution >= 4 is 5.97 Å². The summed E-state index contributed by atoms with van der Waals surface area (Å²) in [6, 6.07) is 0. The molecule has 4 saturated carbocycles. The van der Waals surface area contributed by atoms with Crippen LogP contribution in [-0.4, -0.2) is 12.1 Å². The Labute approximate surface area is 141 Å². The summed E-state index contributed by atoms with van der Waals surface area (Å²) >= 11 is 0. The topological polar surface area (TPSA) is 26.3 Å². The molecule has 0 bridgehead atoms. The van der Waals surface area contributed by atoms with E-state index in [4.69, 9.17) is 4.74 Å². The molecule has 0 saturated heterocycles. The van der Waals surface area contributed by atoms with Crippen LogP contribution in [0, 0.1) is 34.5 Å². The molecular formula is C21H34O2. The highest BCUT2D eigenvalue weighted by molar-refractivity contribution is 5.66. The van der Waals surface area contributed by atoms with Crippen molar-refractivity contribution in [1.82, 2.24) is 0 Å². The van der Waals surface area contributed by atoms with Gasteiger partial charge in [0.05, 0.1) is 0 Å². The third-order valence-corrected chi connectivity index (χ3v) is 8.64. The number of carbonyl (C=O) groups is 1. The molecule has 130 valence electrons. The van der Waals surface area contributed by atoms with Crippen LogP contribution in [0.4, 0.5) is 0 Å². The number of rotatable bonds is 1. The van der Waals surface area contributed by atoms with Gasteiger partial charge in [-0.05, 0) is 85.9 Å². The monoisotopic (exact) mass is 318 g/mol. The lowest BCUT2D eigenvalue weighted by atomic mass is 9.45. The predicted molar refractivity (Wildman–Crippen MR) is 91.9 cm³/mol. The second-order valence-electron chi connectivity index (χ2n) is 9.77. The first kappa shape index (κ1) is 16.0. The van der Waals surface area contributed by atoms with Crippen LogP contribution in [0.5, 0.6) is 0 Å². The maximum Gasteiger partial charge on any atom is 0.302 e. The maximum atomic E-state index is 11.4. The number of ether oxygens (including phenoxy) is 1. The quantitative estimate of drug-likeness (QED) is 0.609. The van der Waals surface area contributed by atoms with Crippen molar-refractivity contribution in [2.45, 2.75) is 91.1 Å². The van der Waals surface area contributed by atoms with Gasteiger partial charge in [-0.2, -0.15) is 0 Å². The minimum Gasteiger partial charge on any atom is -0.463 e. The lowest BCUT2D eigenvalue weighted by Gasteiger charge is -2.59. The van der Waals surface area contributed by atoms with Crippen molar-refractivity contribution in [2.24, 2.45) is 34.5 Å². The standard InChI is InChI=1S/C21H34O2/c1-14(22)23-16-12-19-17-8-7-15-6-4-5-10-21(15,3)18(17)9-11-20(19,2)13-16/h15-19H,4-13H2,1-3H3/t15-,16-,17-,18-,19-,20+,21+/m1/s1. The molecule has 0 aromatic rings. The molecule has 4 rings (SSSR count). The van der Waals surface area contributed by atoms with Gasteiger partial charge in [0, 0.05) is 6.92 Å². The average molecular weight is 319 g/mol. The van der Waals surface area contributed by atoms with E-state index in [-0.39, 0.29) is 12.1 Å². The fourth-order valence-corrected chi connectivity index (χ4v) is 7.61. The van der Waals surface area contributed by atoms with E-state index in [1.807, 2.05) is 0 Å². The summed E-state index contributed by atoms with van der Waals surface area (Å²) in [5, 5.41) is 0. The normalized spacial score (nSPS) is 52.2. The second-order valence-corrected chi connectivity index (χ2v) is 9.77. The number of hydrogen-bond acceptors (Lipinski definition) is 2. The molecule has 0 spiro atoms. The SMILES string of the molecule is CC(=O)O[C@@H]1C[C@@H]2[C@@H]3CC[C@H]4CCCC[C@]4(C)[C@@H]3CC[C@@]2(C)C1. The number of fused-ring (bicyclic) bond motifs is 5. The molecule has 0 aliphatic heterocycles. The fourth-order valence-electron chi connectivity index (χ4n) is 7.61. The van der Waals surface area contributed by atoms with Crippen LogP contribution < -0.4 is 0 Å². The summed E-state index contributed by atoms with van der Waals surface area (Å²) in [5.74, 6) is 3.54. The fraction of sp³-hybridized carbons (Fsp3) is 0.952. The third kappa shape index (κ3) is 2.46. The minimum atomic E-state index is -0.0863. The van der Waals surface area contributed by atoms with Gasteiger partial charge in [0.1, 0.15) is 6.10 Å². The van der Waals surface area contributed by atoms with E-state index in [1.165, 1.54) is 51.4 Å². The van der Waals surface area contributed by atoms with Gasteiger partial charge in [0.25, 0.3) is 0 Å². The molecular weight excluding hydrogens is 284 g/mol. The van der Waals surface area contributed by atoms with Crippen molar-refractivity contribution in [3.63, 3.8) is 0 Å². The van der Waals surface area contributed by atoms with Gasteiger partial charge in [0.2, 0.25) is 0 Å². The largest absolute Gasteiger partial charge is 0.463 e. The molecule has 0 unspecified atom stereocenters. The van der Waals surface area contributed by atoms with E-state index in [2.05, 4.69) is 13.8 Å². The van der Waals surface area contributed by atoms with Crippen molar-refractivity contribution in [2.75, 3.05) is 0 Å². The average Bonchev–Trinajstić information content (AvgIpc) is 2.81. The second kappa shape index (κ2) is 5.49. The van der Waals surface area contributed by atoms with Gasteiger partial charge < -0.3 is 4.74 Å². The Kier molecular flexibility index (Phi) is 3.81. The lowest BCUT2D eigenvalue weighted by Crippen LogP contribution is -2.51. The van der Waals surface area contributed by atoms with Crippen LogP contribution in [-0.2, 0) is 9.53 Å². The zero-order valence-corrected chi connectivity index (χ0v) is 15.3. The maximum absolute atomic E-state index is 11.4. The Morgan fingerprint density at radius 3 is 2.61 bits per heavy atom. The summed E-state index contributed by atoms with van der Waals surface area (Å²) in [6.07, 6.45) is 14.0. The predicted octanol–water partition coefficient (Wildman–Crippen LogP) is 5.35. The summed E-state index contributed by atoms with van der Waals surface area (Å²) < 4.78 is 5.64. The zero-order valence-electron chi connectivity index (χ0n) is 15.3. The van der Waals surface area contributed by atoms with E-state index in [9.17, 15) is 4.79 Å². The molecule has 0 aromatic heterocycles. The van der Waals surface area contributed by atoms with Gasteiger partial charge in [0.15, 0.2) is 0 Å². The van der Waals surface area contributed by atoms with Gasteiger partial charge in [-0.1, -0.05) is 26.7 Å². The number of esters is 1. The van der Waals surface area contributed by atoms with Crippen molar-refractivity contribution in [3.8, 4) is 0 Å². The molecule has 4 fully saturated rings. The Morgan fingerprint density at radius 2 is 1.83 bits per heavy atom. The summed E-state index contributed by atoms with van der Waals surface area (Å²) in [7, 11) is 0. The first-order valence-corrected chi connectivity index (χ1v) is 10.1. The smallest absolute Gasteiger partial charge is 0.302 e. The van der Waals surface area contributed by atoms with E-state index in [0.717, 1.165) is 36.5 Å². The zero-order chi connectivity index (χ0) is 16.2. The molecule has 4 aliphatic rings. The van der Waals surface area contributed by atoms with E-state index >= 15 is 0 Å². The third-order valence-electron chi connectivity index (χ3n) is 8.64. The Balaban J connectivity index is 1.57. The van der Waals surface area contributed by atoms with Crippen LogP contribution >= 0.6 is 0 Å². The van der Waals surface area contributed by atoms with Gasteiger partial charge in [-0.3, -0.25) is 4.79 Å². The van der Waals surface area contributed by atoms with E-state index in [0.29, 0.717) is 10.8 Å². The molecule has 0 N–H and O–H groups in total. The molecule has 2 nitrogen and oxygen atoms in total. The highest BCUT2D eigenvalue weighted by atomic mass is 16.5. The Hall–Kier alpha value is -0.530. The van der Waals surface area contributed by atoms with Gasteiger partial charge >= 0.3 is 5.97 Å². The molecule has 7 atom stereocenters. The molecule has 4 aliphatic carbocycles. The van der Waals surface area contributed by atoms with E-state index in [1.54, 1.807) is 6.92 Å². The van der Waals surface area contributed by atoms with Crippen LogP contribution in [0.25, 0.3) is 0 Å². The summed E-state index contributed by atoms with van der Waals surface area (Å²) in [4.78, 5) is 11.4. The van der Waals surface area contributed by atoms with Crippen LogP contribution in [0.1, 0.15) is 85.0 Å². The molecule has 0 aromatic carbocycles. The summed E-state index contributed by atoms with van der Waals surface area (Å²) in [5.41, 5.74) is 1.04. The molecule has 23 heavy (non-hydrogen) atoms. The first-order valence-electron chi connectivity index (χ1n) is 10.1. The molecule has 0 radical (unpaired) electrons. The molecule has 0 amide bonds. The van der Waals surface area contributed by atoms with Crippen molar-refractivity contribution in [1.29, 1.82) is 0 Å². The minimum absolute atomic E-state index is 0.0863. The highest BCUT2D eigenvalue weighted by Gasteiger charge is 2.59. The molecule has 0 heterocycles. The lowest BCUT2D eigenvalue weighted by molar-refractivity contribution is -0.146. The number of carbonyl (C=O) groups excluding carboxylic acids is 1. The molecule has 2 heteroatoms. The first-order chi connectivity index (χ1) is 10.9. The Bertz CT molecular complexity index is 486.